The zero-order valence-corrected chi connectivity index (χ0v) is 12.7. The third kappa shape index (κ3) is 3.64. The molecule has 102 valence electrons. The topological polar surface area (TPSA) is 64.9 Å². The molecule has 1 heterocycles. The van der Waals surface area contributed by atoms with Crippen molar-refractivity contribution in [2.24, 2.45) is 0 Å². The van der Waals surface area contributed by atoms with Gasteiger partial charge in [0, 0.05) is 21.0 Å². The number of aromatic nitrogens is 2. The summed E-state index contributed by atoms with van der Waals surface area (Å²) in [6.07, 6.45) is 0. The Labute approximate surface area is 121 Å². The van der Waals surface area contributed by atoms with Crippen LogP contribution in [-0.2, 0) is 11.2 Å². The average molecular weight is 298 g/mol. The summed E-state index contributed by atoms with van der Waals surface area (Å²) in [6, 6.07) is 5.44. The Bertz CT molecular complexity index is 578. The second-order valence-electron chi connectivity index (χ2n) is 5.23. The van der Waals surface area contributed by atoms with Crippen LogP contribution in [0.1, 0.15) is 32.5 Å². The van der Waals surface area contributed by atoms with Gasteiger partial charge in [0.05, 0.1) is 5.75 Å². The molecule has 0 aliphatic carbocycles. The van der Waals surface area contributed by atoms with Gasteiger partial charge in [-0.15, -0.1) is 11.8 Å². The number of nitrogen functional groups attached to an aromatic ring is 1. The van der Waals surface area contributed by atoms with Crippen LogP contribution < -0.4 is 5.73 Å². The first-order valence-corrected chi connectivity index (χ1v) is 7.23. The van der Waals surface area contributed by atoms with Crippen molar-refractivity contribution in [1.29, 1.82) is 0 Å². The van der Waals surface area contributed by atoms with Crippen LogP contribution in [0.15, 0.2) is 27.6 Å². The van der Waals surface area contributed by atoms with Crippen molar-refractivity contribution >= 4 is 29.1 Å². The van der Waals surface area contributed by atoms with Gasteiger partial charge in [-0.3, -0.25) is 0 Å². The minimum absolute atomic E-state index is 0.105. The van der Waals surface area contributed by atoms with Crippen molar-refractivity contribution < 1.29 is 4.52 Å². The second-order valence-corrected chi connectivity index (χ2v) is 6.69. The molecule has 0 fully saturated rings. The molecule has 6 heteroatoms. The summed E-state index contributed by atoms with van der Waals surface area (Å²) in [4.78, 5) is 5.34. The van der Waals surface area contributed by atoms with E-state index in [1.165, 1.54) is 0 Å². The van der Waals surface area contributed by atoms with Crippen LogP contribution in [0.4, 0.5) is 5.69 Å². The standard InChI is InChI=1S/C13H16ClN3OS/c1-13(2,3)12-16-11(18-17-12)7-19-10-5-4-8(14)6-9(10)15/h4-6H,7,15H2,1-3H3. The predicted molar refractivity (Wildman–Crippen MR) is 78.4 cm³/mol. The molecule has 19 heavy (non-hydrogen) atoms. The molecule has 0 aliphatic rings. The van der Waals surface area contributed by atoms with E-state index in [-0.39, 0.29) is 5.41 Å². The Morgan fingerprint density at radius 3 is 2.68 bits per heavy atom. The highest BCUT2D eigenvalue weighted by atomic mass is 35.5. The van der Waals surface area contributed by atoms with Crippen LogP contribution >= 0.6 is 23.4 Å². The largest absolute Gasteiger partial charge is 0.398 e. The van der Waals surface area contributed by atoms with E-state index >= 15 is 0 Å². The number of nitrogens with two attached hydrogens (primary N) is 1. The van der Waals surface area contributed by atoms with E-state index in [4.69, 9.17) is 21.9 Å². The Morgan fingerprint density at radius 2 is 2.11 bits per heavy atom. The molecule has 2 N–H and O–H groups in total. The van der Waals surface area contributed by atoms with Gasteiger partial charge >= 0.3 is 0 Å². The maximum absolute atomic E-state index is 5.89. The fraction of sp³-hybridized carbons (Fsp3) is 0.385. The van der Waals surface area contributed by atoms with Crippen LogP contribution in [0.3, 0.4) is 0 Å². The van der Waals surface area contributed by atoms with Gasteiger partial charge in [0.2, 0.25) is 5.89 Å². The molecule has 0 radical (unpaired) electrons. The van der Waals surface area contributed by atoms with Crippen molar-refractivity contribution in [2.45, 2.75) is 36.8 Å². The molecule has 0 saturated heterocycles. The fourth-order valence-corrected chi connectivity index (χ4v) is 2.38. The Balaban J connectivity index is 2.04. The first-order chi connectivity index (χ1) is 8.86. The number of hydrogen-bond acceptors (Lipinski definition) is 5. The van der Waals surface area contributed by atoms with Crippen LogP contribution in [-0.4, -0.2) is 10.1 Å². The summed E-state index contributed by atoms with van der Waals surface area (Å²) < 4.78 is 5.23. The highest BCUT2D eigenvalue weighted by Gasteiger charge is 2.20. The molecule has 2 aromatic rings. The molecule has 4 nitrogen and oxygen atoms in total. The number of anilines is 1. The van der Waals surface area contributed by atoms with E-state index < -0.39 is 0 Å². The van der Waals surface area contributed by atoms with Crippen molar-refractivity contribution in [3.05, 3.63) is 34.9 Å². The van der Waals surface area contributed by atoms with E-state index in [0.29, 0.717) is 28.2 Å². The van der Waals surface area contributed by atoms with Crippen molar-refractivity contribution in [3.8, 4) is 0 Å². The lowest BCUT2D eigenvalue weighted by atomic mass is 9.96. The monoisotopic (exact) mass is 297 g/mol. The molecule has 0 saturated carbocycles. The zero-order valence-electron chi connectivity index (χ0n) is 11.1. The molecule has 0 bridgehead atoms. The normalized spacial score (nSPS) is 11.8. The molecule has 0 spiro atoms. The van der Waals surface area contributed by atoms with Crippen molar-refractivity contribution in [1.82, 2.24) is 10.1 Å². The summed E-state index contributed by atoms with van der Waals surface area (Å²) in [7, 11) is 0. The molecule has 2 rings (SSSR count). The van der Waals surface area contributed by atoms with E-state index in [9.17, 15) is 0 Å². The maximum Gasteiger partial charge on any atom is 0.237 e. The quantitative estimate of drug-likeness (QED) is 0.687. The van der Waals surface area contributed by atoms with Gasteiger partial charge in [-0.2, -0.15) is 4.98 Å². The van der Waals surface area contributed by atoms with E-state index in [1.54, 1.807) is 17.8 Å². The van der Waals surface area contributed by atoms with E-state index in [1.807, 2.05) is 32.9 Å². The molecule has 0 unspecified atom stereocenters. The highest BCUT2D eigenvalue weighted by molar-refractivity contribution is 7.98. The molecule has 0 atom stereocenters. The minimum atomic E-state index is -0.105. The van der Waals surface area contributed by atoms with Crippen molar-refractivity contribution in [3.63, 3.8) is 0 Å². The van der Waals surface area contributed by atoms with Crippen LogP contribution in [0.2, 0.25) is 5.02 Å². The Kier molecular flexibility index (Phi) is 4.06. The van der Waals surface area contributed by atoms with Gasteiger partial charge < -0.3 is 10.3 Å². The lowest BCUT2D eigenvalue weighted by Gasteiger charge is -2.10. The van der Waals surface area contributed by atoms with Gasteiger partial charge in [-0.1, -0.05) is 37.5 Å². The molecule has 1 aromatic heterocycles. The second kappa shape index (κ2) is 5.43. The third-order valence-corrected chi connectivity index (χ3v) is 3.77. The van der Waals surface area contributed by atoms with Gasteiger partial charge in [-0.25, -0.2) is 0 Å². The fourth-order valence-electron chi connectivity index (χ4n) is 1.41. The molecule has 0 amide bonds. The van der Waals surface area contributed by atoms with Crippen molar-refractivity contribution in [2.75, 3.05) is 5.73 Å². The van der Waals surface area contributed by atoms with Gasteiger partial charge in [0.25, 0.3) is 0 Å². The Morgan fingerprint density at radius 1 is 1.37 bits per heavy atom. The molecule has 1 aromatic carbocycles. The summed E-state index contributed by atoms with van der Waals surface area (Å²) in [5, 5.41) is 4.62. The lowest BCUT2D eigenvalue weighted by molar-refractivity contribution is 0.373. The number of nitrogens with zero attached hydrogens (tertiary/aromatic N) is 2. The smallest absolute Gasteiger partial charge is 0.237 e. The first-order valence-electron chi connectivity index (χ1n) is 5.87. The van der Waals surface area contributed by atoms with E-state index in [2.05, 4.69) is 10.1 Å². The molecular weight excluding hydrogens is 282 g/mol. The third-order valence-electron chi connectivity index (χ3n) is 2.46. The van der Waals surface area contributed by atoms with Gasteiger partial charge in [0.1, 0.15) is 0 Å². The summed E-state index contributed by atoms with van der Waals surface area (Å²) in [6.45, 7) is 6.14. The summed E-state index contributed by atoms with van der Waals surface area (Å²) in [5.74, 6) is 1.91. The maximum atomic E-state index is 5.89. The predicted octanol–water partition coefficient (Wildman–Crippen LogP) is 3.90. The lowest BCUT2D eigenvalue weighted by Crippen LogP contribution is -2.13. The van der Waals surface area contributed by atoms with Crippen LogP contribution in [0.5, 0.6) is 0 Å². The summed E-state index contributed by atoms with van der Waals surface area (Å²) >= 11 is 7.41. The molecule has 0 aliphatic heterocycles. The number of rotatable bonds is 3. The number of hydrogen-bond donors (Lipinski definition) is 1. The van der Waals surface area contributed by atoms with Crippen LogP contribution in [0, 0.1) is 0 Å². The summed E-state index contributed by atoms with van der Waals surface area (Å²) in [5.41, 5.74) is 6.44. The number of thioether (sulfide) groups is 1. The highest BCUT2D eigenvalue weighted by Crippen LogP contribution is 2.30. The number of halogens is 1. The van der Waals surface area contributed by atoms with Gasteiger partial charge in [0.15, 0.2) is 5.82 Å². The van der Waals surface area contributed by atoms with Crippen LogP contribution in [0.25, 0.3) is 0 Å². The number of benzene rings is 1. The molecular formula is C13H16ClN3OS. The first kappa shape index (κ1) is 14.2. The minimum Gasteiger partial charge on any atom is -0.398 e. The Hall–Kier alpha value is -1.20. The van der Waals surface area contributed by atoms with E-state index in [0.717, 1.165) is 4.90 Å². The zero-order chi connectivity index (χ0) is 14.0. The average Bonchev–Trinajstić information content (AvgIpc) is 2.76. The SMILES string of the molecule is CC(C)(C)c1noc(CSc2ccc(Cl)cc2N)n1. The van der Waals surface area contributed by atoms with Gasteiger partial charge in [-0.05, 0) is 18.2 Å².